The van der Waals surface area contributed by atoms with Crippen LogP contribution in [-0.4, -0.2) is 28.0 Å². The lowest BCUT2D eigenvalue weighted by Crippen LogP contribution is -2.20. The van der Waals surface area contributed by atoms with E-state index in [2.05, 4.69) is 20.7 Å². The minimum absolute atomic E-state index is 0.0959. The highest BCUT2D eigenvalue weighted by molar-refractivity contribution is 9.10. The highest BCUT2D eigenvalue weighted by atomic mass is 79.9. The number of nitrogens with two attached hydrogens (primary N) is 1. The Bertz CT molecular complexity index is 589. The Morgan fingerprint density at radius 2 is 1.90 bits per heavy atom. The van der Waals surface area contributed by atoms with Crippen molar-refractivity contribution in [1.82, 2.24) is 0 Å². The van der Waals surface area contributed by atoms with Crippen LogP contribution in [-0.2, 0) is 14.8 Å². The van der Waals surface area contributed by atoms with Crippen LogP contribution in [0.2, 0.25) is 0 Å². The Hall–Kier alpha value is -0.840. The van der Waals surface area contributed by atoms with E-state index in [9.17, 15) is 21.6 Å². The standard InChI is InChI=1S/C10H11BrF3NO4S/c1-6-4-7(11)5-8(20(15,16)17)9(6)18-2-3-19-10(12,13)14/h4-5H,2-3H2,1H3,(H2,15,16,17). The summed E-state index contributed by atoms with van der Waals surface area (Å²) in [5, 5.41) is 5.03. The van der Waals surface area contributed by atoms with Crippen LogP contribution in [0.1, 0.15) is 5.56 Å². The lowest BCUT2D eigenvalue weighted by molar-refractivity contribution is -0.325. The van der Waals surface area contributed by atoms with Gasteiger partial charge in [-0.1, -0.05) is 15.9 Å². The molecular weight excluding hydrogens is 367 g/mol. The third-order valence-electron chi connectivity index (χ3n) is 2.11. The highest BCUT2D eigenvalue weighted by Gasteiger charge is 2.29. The predicted octanol–water partition coefficient (Wildman–Crippen LogP) is 2.32. The molecule has 0 fully saturated rings. The summed E-state index contributed by atoms with van der Waals surface area (Å²) in [4.78, 5) is -0.309. The predicted molar refractivity (Wildman–Crippen MR) is 67.8 cm³/mol. The molecule has 0 amide bonds. The molecule has 1 rings (SSSR count). The highest BCUT2D eigenvalue weighted by Crippen LogP contribution is 2.31. The number of alkyl halides is 3. The van der Waals surface area contributed by atoms with Crippen molar-refractivity contribution in [1.29, 1.82) is 0 Å². The van der Waals surface area contributed by atoms with Crippen molar-refractivity contribution in [2.75, 3.05) is 13.2 Å². The molecule has 0 aliphatic rings. The van der Waals surface area contributed by atoms with Crippen LogP contribution in [0.25, 0.3) is 0 Å². The minimum atomic E-state index is -4.76. The van der Waals surface area contributed by atoms with Gasteiger partial charge in [0.2, 0.25) is 10.0 Å². The monoisotopic (exact) mass is 377 g/mol. The molecule has 114 valence electrons. The van der Waals surface area contributed by atoms with Crippen molar-refractivity contribution in [2.45, 2.75) is 18.2 Å². The molecular formula is C10H11BrF3NO4S. The molecule has 0 aliphatic heterocycles. The molecule has 0 saturated carbocycles. The summed E-state index contributed by atoms with van der Waals surface area (Å²) in [7, 11) is -4.06. The fraction of sp³-hybridized carbons (Fsp3) is 0.400. The molecule has 5 nitrogen and oxygen atoms in total. The maximum absolute atomic E-state index is 11.8. The molecule has 0 radical (unpaired) electrons. The number of rotatable bonds is 5. The SMILES string of the molecule is Cc1cc(Br)cc(S(N)(=O)=O)c1OCCOC(F)(F)F. The van der Waals surface area contributed by atoms with Gasteiger partial charge in [0.05, 0.1) is 6.61 Å². The fourth-order valence-corrected chi connectivity index (χ4v) is 2.89. The molecule has 1 aromatic carbocycles. The largest absolute Gasteiger partial charge is 0.522 e. The van der Waals surface area contributed by atoms with Crippen molar-refractivity contribution < 1.29 is 31.1 Å². The van der Waals surface area contributed by atoms with E-state index in [4.69, 9.17) is 9.88 Å². The lowest BCUT2D eigenvalue weighted by Gasteiger charge is -2.14. The maximum atomic E-state index is 11.8. The van der Waals surface area contributed by atoms with Crippen LogP contribution in [0, 0.1) is 6.92 Å². The molecule has 0 heterocycles. The van der Waals surface area contributed by atoms with E-state index >= 15 is 0 Å². The van der Waals surface area contributed by atoms with Crippen molar-refractivity contribution in [3.63, 3.8) is 0 Å². The zero-order valence-corrected chi connectivity index (χ0v) is 12.6. The van der Waals surface area contributed by atoms with Crippen molar-refractivity contribution >= 4 is 26.0 Å². The smallest absolute Gasteiger partial charge is 0.489 e. The summed E-state index contributed by atoms with van der Waals surface area (Å²) in [6, 6.07) is 2.76. The van der Waals surface area contributed by atoms with Gasteiger partial charge in [0, 0.05) is 4.47 Å². The fourth-order valence-electron chi connectivity index (χ4n) is 1.40. The topological polar surface area (TPSA) is 78.6 Å². The molecule has 0 unspecified atom stereocenters. The summed E-state index contributed by atoms with van der Waals surface area (Å²) < 4.78 is 67.2. The Morgan fingerprint density at radius 3 is 2.40 bits per heavy atom. The molecule has 20 heavy (non-hydrogen) atoms. The molecule has 0 atom stereocenters. The van der Waals surface area contributed by atoms with Gasteiger partial charge in [0.15, 0.2) is 0 Å². The number of ether oxygens (including phenoxy) is 2. The zero-order valence-electron chi connectivity index (χ0n) is 10.2. The average molecular weight is 378 g/mol. The lowest BCUT2D eigenvalue weighted by atomic mass is 10.2. The molecule has 2 N–H and O–H groups in total. The molecule has 10 heteroatoms. The van der Waals surface area contributed by atoms with Gasteiger partial charge in [0.1, 0.15) is 17.3 Å². The molecule has 0 bridgehead atoms. The molecule has 0 spiro atoms. The third-order valence-corrected chi connectivity index (χ3v) is 3.48. The Balaban J connectivity index is 2.90. The van der Waals surface area contributed by atoms with Gasteiger partial charge < -0.3 is 4.74 Å². The van der Waals surface area contributed by atoms with Crippen molar-refractivity contribution in [3.8, 4) is 5.75 Å². The van der Waals surface area contributed by atoms with Crippen LogP contribution in [0.15, 0.2) is 21.5 Å². The van der Waals surface area contributed by atoms with Gasteiger partial charge in [-0.25, -0.2) is 13.6 Å². The van der Waals surface area contributed by atoms with Crippen LogP contribution in [0.3, 0.4) is 0 Å². The number of hydrogen-bond acceptors (Lipinski definition) is 4. The summed E-state index contributed by atoms with van der Waals surface area (Å²) in [5.41, 5.74) is 0.412. The van der Waals surface area contributed by atoms with Crippen LogP contribution >= 0.6 is 15.9 Å². The minimum Gasteiger partial charge on any atom is -0.489 e. The van der Waals surface area contributed by atoms with E-state index in [0.29, 0.717) is 10.0 Å². The molecule has 1 aromatic rings. The van der Waals surface area contributed by atoms with Gasteiger partial charge >= 0.3 is 6.36 Å². The number of sulfonamides is 1. The summed E-state index contributed by atoms with van der Waals surface area (Å²) >= 11 is 3.10. The van der Waals surface area contributed by atoms with Gasteiger partial charge in [-0.3, -0.25) is 4.74 Å². The second kappa shape index (κ2) is 6.29. The maximum Gasteiger partial charge on any atom is 0.522 e. The van der Waals surface area contributed by atoms with Gasteiger partial charge in [-0.05, 0) is 24.6 Å². The van der Waals surface area contributed by atoms with Crippen LogP contribution < -0.4 is 9.88 Å². The quantitative estimate of drug-likeness (QED) is 0.798. The number of benzene rings is 1. The number of aryl methyl sites for hydroxylation is 1. The van der Waals surface area contributed by atoms with Crippen molar-refractivity contribution in [2.24, 2.45) is 5.14 Å². The van der Waals surface area contributed by atoms with Gasteiger partial charge in [0.25, 0.3) is 0 Å². The first-order chi connectivity index (χ1) is 9.00. The normalized spacial score (nSPS) is 12.5. The number of primary sulfonamides is 1. The summed E-state index contributed by atoms with van der Waals surface area (Å²) in [6.07, 6.45) is -4.76. The second-order valence-electron chi connectivity index (χ2n) is 3.74. The van der Waals surface area contributed by atoms with E-state index < -0.39 is 29.6 Å². The van der Waals surface area contributed by atoms with Crippen LogP contribution in [0.4, 0.5) is 13.2 Å². The average Bonchev–Trinajstić information content (AvgIpc) is 2.23. The Labute approximate surface area is 122 Å². The first-order valence-electron chi connectivity index (χ1n) is 5.17. The molecule has 0 saturated heterocycles. The zero-order chi connectivity index (χ0) is 15.6. The first-order valence-corrected chi connectivity index (χ1v) is 7.51. The van der Waals surface area contributed by atoms with Crippen molar-refractivity contribution in [3.05, 3.63) is 22.2 Å². The first kappa shape index (κ1) is 17.2. The van der Waals surface area contributed by atoms with E-state index in [1.807, 2.05) is 0 Å². The third kappa shape index (κ3) is 5.27. The van der Waals surface area contributed by atoms with E-state index in [1.54, 1.807) is 13.0 Å². The van der Waals surface area contributed by atoms with Gasteiger partial charge in [-0.2, -0.15) is 0 Å². The number of halogens is 4. The molecule has 0 aromatic heterocycles. The van der Waals surface area contributed by atoms with E-state index in [-0.39, 0.29) is 10.6 Å². The van der Waals surface area contributed by atoms with Gasteiger partial charge in [-0.15, -0.1) is 13.2 Å². The Morgan fingerprint density at radius 1 is 1.30 bits per heavy atom. The summed E-state index contributed by atoms with van der Waals surface area (Å²) in [6.45, 7) is 0.312. The Kier molecular flexibility index (Phi) is 5.41. The van der Waals surface area contributed by atoms with E-state index in [0.717, 1.165) is 0 Å². The van der Waals surface area contributed by atoms with E-state index in [1.165, 1.54) is 6.07 Å². The molecule has 0 aliphatic carbocycles. The summed E-state index contributed by atoms with van der Waals surface area (Å²) in [5.74, 6) is -0.0959. The second-order valence-corrected chi connectivity index (χ2v) is 6.18. The number of hydrogen-bond donors (Lipinski definition) is 1. The van der Waals surface area contributed by atoms with Crippen LogP contribution in [0.5, 0.6) is 5.75 Å².